The van der Waals surface area contributed by atoms with E-state index < -0.39 is 10.0 Å². The van der Waals surface area contributed by atoms with Crippen molar-refractivity contribution in [2.24, 2.45) is 5.14 Å². The van der Waals surface area contributed by atoms with Gasteiger partial charge in [0.25, 0.3) is 0 Å². The minimum Gasteiger partial charge on any atom is -0.455 e. The molecule has 0 unspecified atom stereocenters. The van der Waals surface area contributed by atoms with Crippen LogP contribution in [-0.2, 0) is 10.0 Å². The number of rotatable bonds is 3. The second-order valence-electron chi connectivity index (χ2n) is 4.03. The Hall–Kier alpha value is -1.12. The van der Waals surface area contributed by atoms with Crippen LogP contribution in [0.2, 0.25) is 0 Å². The molecule has 2 aromatic carbocycles. The van der Waals surface area contributed by atoms with E-state index in [1.54, 1.807) is 25.1 Å². The molecule has 0 spiro atoms. The molecule has 0 aromatic heterocycles. The van der Waals surface area contributed by atoms with Gasteiger partial charge < -0.3 is 4.74 Å². The highest BCUT2D eigenvalue weighted by atomic mass is 127. The van der Waals surface area contributed by atoms with Crippen molar-refractivity contribution < 1.29 is 13.2 Å². The molecule has 6 heteroatoms. The molecule has 0 saturated heterocycles. The summed E-state index contributed by atoms with van der Waals surface area (Å²) in [6, 6.07) is 12.2. The third-order valence-electron chi connectivity index (χ3n) is 2.46. The maximum absolute atomic E-state index is 11.6. The van der Waals surface area contributed by atoms with E-state index in [1.807, 2.05) is 18.2 Å². The minimum atomic E-state index is -3.82. The number of para-hydroxylation sites is 1. The van der Waals surface area contributed by atoms with E-state index in [2.05, 4.69) is 22.6 Å². The molecule has 4 nitrogen and oxygen atoms in total. The molecule has 2 aromatic rings. The third-order valence-corrected chi connectivity index (χ3v) is 4.29. The van der Waals surface area contributed by atoms with Gasteiger partial charge in [0, 0.05) is 0 Å². The molecule has 0 heterocycles. The molecule has 0 aliphatic rings. The Morgan fingerprint density at radius 3 is 2.42 bits per heavy atom. The summed E-state index contributed by atoms with van der Waals surface area (Å²) in [5, 5.41) is 5.21. The monoisotopic (exact) mass is 389 g/mol. The Morgan fingerprint density at radius 2 is 1.79 bits per heavy atom. The van der Waals surface area contributed by atoms with Gasteiger partial charge in [0.15, 0.2) is 0 Å². The predicted octanol–water partition coefficient (Wildman–Crippen LogP) is 3.04. The average molecular weight is 389 g/mol. The topological polar surface area (TPSA) is 69.4 Å². The SMILES string of the molecule is Cc1ccc(Oc2ccccc2I)c(S(N)(=O)=O)c1. The highest BCUT2D eigenvalue weighted by molar-refractivity contribution is 14.1. The summed E-state index contributed by atoms with van der Waals surface area (Å²) in [7, 11) is -3.82. The van der Waals surface area contributed by atoms with Gasteiger partial charge in [-0.2, -0.15) is 0 Å². The zero-order chi connectivity index (χ0) is 14.0. The van der Waals surface area contributed by atoms with Gasteiger partial charge in [0.1, 0.15) is 16.4 Å². The minimum absolute atomic E-state index is 0.00727. The molecular formula is C13H12INO3S. The number of nitrogens with two attached hydrogens (primary N) is 1. The highest BCUT2D eigenvalue weighted by Crippen LogP contribution is 2.31. The lowest BCUT2D eigenvalue weighted by Crippen LogP contribution is -2.13. The standard InChI is InChI=1S/C13H12INO3S/c1-9-6-7-12(13(8-9)19(15,16)17)18-11-5-3-2-4-10(11)14/h2-8H,1H3,(H2,15,16,17). The number of sulfonamides is 1. The molecule has 2 rings (SSSR count). The number of aryl methyl sites for hydroxylation is 1. The van der Waals surface area contributed by atoms with Crippen molar-refractivity contribution in [2.45, 2.75) is 11.8 Å². The first-order chi connectivity index (χ1) is 8.88. The lowest BCUT2D eigenvalue weighted by Gasteiger charge is -2.11. The lowest BCUT2D eigenvalue weighted by molar-refractivity contribution is 0.464. The van der Waals surface area contributed by atoms with Crippen LogP contribution in [-0.4, -0.2) is 8.42 Å². The second kappa shape index (κ2) is 5.48. The van der Waals surface area contributed by atoms with Crippen LogP contribution in [0.4, 0.5) is 0 Å². The van der Waals surface area contributed by atoms with Crippen LogP contribution in [0.3, 0.4) is 0 Å². The summed E-state index contributed by atoms with van der Waals surface area (Å²) in [6.07, 6.45) is 0. The first-order valence-corrected chi connectivity index (χ1v) is 8.06. The molecule has 0 atom stereocenters. The number of halogens is 1. The van der Waals surface area contributed by atoms with E-state index in [1.165, 1.54) is 6.07 Å². The molecule has 19 heavy (non-hydrogen) atoms. The molecule has 0 aliphatic carbocycles. The number of ether oxygens (including phenoxy) is 1. The van der Waals surface area contributed by atoms with Crippen molar-refractivity contribution in [1.82, 2.24) is 0 Å². The van der Waals surface area contributed by atoms with E-state index >= 15 is 0 Å². The van der Waals surface area contributed by atoms with Crippen LogP contribution in [0.15, 0.2) is 47.4 Å². The van der Waals surface area contributed by atoms with E-state index in [-0.39, 0.29) is 10.6 Å². The maximum atomic E-state index is 11.6. The fourth-order valence-electron chi connectivity index (χ4n) is 1.57. The smallest absolute Gasteiger partial charge is 0.241 e. The second-order valence-corrected chi connectivity index (χ2v) is 6.72. The number of primary sulfonamides is 1. The number of hydrogen-bond donors (Lipinski definition) is 1. The van der Waals surface area contributed by atoms with E-state index in [4.69, 9.17) is 9.88 Å². The summed E-state index contributed by atoms with van der Waals surface area (Å²) in [4.78, 5) is -0.00727. The van der Waals surface area contributed by atoms with Gasteiger partial charge in [-0.15, -0.1) is 0 Å². The quantitative estimate of drug-likeness (QED) is 0.821. The summed E-state index contributed by atoms with van der Waals surface area (Å²) >= 11 is 2.12. The normalized spacial score (nSPS) is 11.3. The van der Waals surface area contributed by atoms with Crippen molar-refractivity contribution in [3.05, 3.63) is 51.6 Å². The largest absolute Gasteiger partial charge is 0.455 e. The fourth-order valence-corrected chi connectivity index (χ4v) is 2.81. The van der Waals surface area contributed by atoms with Gasteiger partial charge in [-0.25, -0.2) is 13.6 Å². The van der Waals surface area contributed by atoms with Gasteiger partial charge in [-0.1, -0.05) is 18.2 Å². The maximum Gasteiger partial charge on any atom is 0.241 e. The number of hydrogen-bond acceptors (Lipinski definition) is 3. The molecule has 0 radical (unpaired) electrons. The average Bonchev–Trinajstić information content (AvgIpc) is 2.33. The van der Waals surface area contributed by atoms with Gasteiger partial charge in [-0.05, 0) is 59.3 Å². The molecule has 2 N–H and O–H groups in total. The molecule has 0 aliphatic heterocycles. The van der Waals surface area contributed by atoms with Gasteiger partial charge in [-0.3, -0.25) is 0 Å². The van der Waals surface area contributed by atoms with Crippen LogP contribution in [0.1, 0.15) is 5.56 Å². The van der Waals surface area contributed by atoms with Crippen LogP contribution >= 0.6 is 22.6 Å². The zero-order valence-corrected chi connectivity index (χ0v) is 13.1. The van der Waals surface area contributed by atoms with Crippen LogP contribution in [0.5, 0.6) is 11.5 Å². The molecule has 0 amide bonds. The van der Waals surface area contributed by atoms with Crippen molar-refractivity contribution >= 4 is 32.6 Å². The first-order valence-electron chi connectivity index (χ1n) is 5.44. The van der Waals surface area contributed by atoms with Gasteiger partial charge in [0.05, 0.1) is 3.57 Å². The van der Waals surface area contributed by atoms with E-state index in [0.717, 1.165) is 9.13 Å². The van der Waals surface area contributed by atoms with Crippen LogP contribution in [0.25, 0.3) is 0 Å². The highest BCUT2D eigenvalue weighted by Gasteiger charge is 2.16. The van der Waals surface area contributed by atoms with Crippen molar-refractivity contribution in [3.63, 3.8) is 0 Å². The number of benzene rings is 2. The van der Waals surface area contributed by atoms with Gasteiger partial charge in [0.2, 0.25) is 10.0 Å². The van der Waals surface area contributed by atoms with E-state index in [0.29, 0.717) is 5.75 Å². The summed E-state index contributed by atoms with van der Waals surface area (Å²) < 4.78 is 29.7. The Balaban J connectivity index is 2.50. The zero-order valence-electron chi connectivity index (χ0n) is 10.1. The Kier molecular flexibility index (Phi) is 4.12. The summed E-state index contributed by atoms with van der Waals surface area (Å²) in [6.45, 7) is 1.80. The molecule has 0 fully saturated rings. The van der Waals surface area contributed by atoms with Crippen LogP contribution in [0, 0.1) is 10.5 Å². The molecular weight excluding hydrogens is 377 g/mol. The first kappa shape index (κ1) is 14.3. The summed E-state index contributed by atoms with van der Waals surface area (Å²) in [5.74, 6) is 0.828. The Labute approximate surface area is 125 Å². The third kappa shape index (κ3) is 3.46. The lowest BCUT2D eigenvalue weighted by atomic mass is 10.2. The fraction of sp³-hybridized carbons (Fsp3) is 0.0769. The Bertz CT molecular complexity index is 714. The predicted molar refractivity (Wildman–Crippen MR) is 81.8 cm³/mol. The van der Waals surface area contributed by atoms with Crippen molar-refractivity contribution in [2.75, 3.05) is 0 Å². The van der Waals surface area contributed by atoms with E-state index in [9.17, 15) is 8.42 Å². The van der Waals surface area contributed by atoms with Crippen molar-refractivity contribution in [1.29, 1.82) is 0 Å². The van der Waals surface area contributed by atoms with Crippen molar-refractivity contribution in [3.8, 4) is 11.5 Å². The molecule has 0 saturated carbocycles. The van der Waals surface area contributed by atoms with Gasteiger partial charge >= 0.3 is 0 Å². The summed E-state index contributed by atoms with van der Waals surface area (Å²) in [5.41, 5.74) is 0.805. The molecule has 100 valence electrons. The molecule has 0 bridgehead atoms. The Morgan fingerprint density at radius 1 is 1.11 bits per heavy atom. The van der Waals surface area contributed by atoms with Crippen LogP contribution < -0.4 is 9.88 Å².